The Morgan fingerprint density at radius 1 is 0.878 bits per heavy atom. The van der Waals surface area contributed by atoms with Crippen molar-refractivity contribution in [3.05, 3.63) is 100 Å². The first-order valence-electron chi connectivity index (χ1n) is 15.4. The number of hydrogen-bond donors (Lipinski definition) is 2. The van der Waals surface area contributed by atoms with Gasteiger partial charge in [0.05, 0.1) is 5.56 Å². The normalized spacial score (nSPS) is 17.0. The van der Waals surface area contributed by atoms with Crippen molar-refractivity contribution in [3.8, 4) is 5.75 Å². The zero-order valence-electron chi connectivity index (χ0n) is 23.9. The number of benzene rings is 3. The van der Waals surface area contributed by atoms with E-state index in [1.165, 1.54) is 40.7 Å². The second-order valence-electron chi connectivity index (χ2n) is 11.9. The molecule has 2 atom stereocenters. The number of fused-ring (bicyclic) bond motifs is 1. The van der Waals surface area contributed by atoms with Crippen molar-refractivity contribution < 1.29 is 24.5 Å². The van der Waals surface area contributed by atoms with Crippen LogP contribution in [0.15, 0.2) is 66.7 Å². The summed E-state index contributed by atoms with van der Waals surface area (Å²) in [4.78, 5) is 22.6. The Balaban J connectivity index is 1.26. The summed E-state index contributed by atoms with van der Waals surface area (Å²) < 4.78 is 6.33. The Morgan fingerprint density at radius 2 is 1.68 bits per heavy atom. The van der Waals surface area contributed by atoms with E-state index in [9.17, 15) is 14.7 Å². The first-order chi connectivity index (χ1) is 20.0. The first kappa shape index (κ1) is 28.9. The highest BCUT2D eigenvalue weighted by Crippen LogP contribution is 2.42. The summed E-state index contributed by atoms with van der Waals surface area (Å²) in [5.74, 6) is 0.921. The van der Waals surface area contributed by atoms with E-state index in [0.29, 0.717) is 30.4 Å². The quantitative estimate of drug-likeness (QED) is 0.184. The molecule has 5 rings (SSSR count). The van der Waals surface area contributed by atoms with Gasteiger partial charge in [0.25, 0.3) is 0 Å². The second-order valence-corrected chi connectivity index (χ2v) is 11.9. The predicted molar refractivity (Wildman–Crippen MR) is 161 cm³/mol. The molecule has 1 saturated carbocycles. The molecule has 0 saturated heterocycles. The summed E-state index contributed by atoms with van der Waals surface area (Å²) >= 11 is 0. The molecule has 5 heteroatoms. The molecule has 3 aromatic carbocycles. The maximum atomic E-state index is 11.6. The average Bonchev–Trinajstić information content (AvgIpc) is 3.83. The molecule has 0 aromatic heterocycles. The molecule has 216 valence electrons. The van der Waals surface area contributed by atoms with Crippen LogP contribution in [-0.4, -0.2) is 22.2 Å². The van der Waals surface area contributed by atoms with E-state index in [0.717, 1.165) is 63.0 Å². The highest BCUT2D eigenvalue weighted by Gasteiger charge is 2.28. The Morgan fingerprint density at radius 3 is 2.44 bits per heavy atom. The van der Waals surface area contributed by atoms with E-state index >= 15 is 0 Å². The number of aryl methyl sites for hydroxylation is 2. The van der Waals surface area contributed by atoms with Gasteiger partial charge < -0.3 is 14.9 Å². The van der Waals surface area contributed by atoms with Crippen molar-refractivity contribution >= 4 is 11.9 Å². The standard InChI is InChI=1S/C36H42O5/c37-35(38)12-3-1-2-7-28(32-10-6-9-30-23-31(36(39)40)21-22-33(30)32)19-20-29-8-4-5-11-34(29)41-24-25-13-15-26(16-14-25)27-17-18-27/h4-5,8,11,13-16,21-23,27-28,32H,1-3,6-7,9-10,12,17-20,24H2,(H,37,38)(H,39,40)/t28?,32-/m0/s1. The largest absolute Gasteiger partial charge is 0.489 e. The van der Waals surface area contributed by atoms with Gasteiger partial charge >= 0.3 is 11.9 Å². The van der Waals surface area contributed by atoms with Gasteiger partial charge in [0.1, 0.15) is 12.4 Å². The fourth-order valence-electron chi connectivity index (χ4n) is 6.54. The van der Waals surface area contributed by atoms with Crippen LogP contribution in [-0.2, 0) is 24.2 Å². The third-order valence-corrected chi connectivity index (χ3v) is 8.97. The third kappa shape index (κ3) is 8.00. The number of aliphatic carboxylic acids is 1. The van der Waals surface area contributed by atoms with E-state index < -0.39 is 11.9 Å². The maximum absolute atomic E-state index is 11.6. The molecule has 0 bridgehead atoms. The number of hydrogen-bond acceptors (Lipinski definition) is 3. The van der Waals surface area contributed by atoms with Crippen molar-refractivity contribution in [2.75, 3.05) is 0 Å². The smallest absolute Gasteiger partial charge is 0.335 e. The van der Waals surface area contributed by atoms with Crippen LogP contribution < -0.4 is 4.74 Å². The minimum absolute atomic E-state index is 0.225. The summed E-state index contributed by atoms with van der Waals surface area (Å²) in [6.07, 6.45) is 11.5. The molecule has 0 amide bonds. The molecule has 5 nitrogen and oxygen atoms in total. The lowest BCUT2D eigenvalue weighted by molar-refractivity contribution is -0.137. The SMILES string of the molecule is O=C(O)CCCCCC(CCc1ccccc1OCc1ccc(C2CC2)cc1)[C@@H]1CCCc2cc(C(=O)O)ccc21. The lowest BCUT2D eigenvalue weighted by Gasteiger charge is -2.33. The monoisotopic (exact) mass is 554 g/mol. The Labute approximate surface area is 243 Å². The zero-order chi connectivity index (χ0) is 28.6. The molecule has 2 aliphatic rings. The van der Waals surface area contributed by atoms with Crippen molar-refractivity contribution in [3.63, 3.8) is 0 Å². The molecule has 0 radical (unpaired) electrons. The number of para-hydroxylation sites is 1. The van der Waals surface area contributed by atoms with Crippen molar-refractivity contribution in [1.82, 2.24) is 0 Å². The Bertz CT molecular complexity index is 1320. The van der Waals surface area contributed by atoms with Gasteiger partial charge in [-0.25, -0.2) is 4.79 Å². The summed E-state index contributed by atoms with van der Waals surface area (Å²) in [7, 11) is 0. The highest BCUT2D eigenvalue weighted by atomic mass is 16.5. The van der Waals surface area contributed by atoms with Crippen LogP contribution in [0.2, 0.25) is 0 Å². The molecule has 0 heterocycles. The van der Waals surface area contributed by atoms with E-state index in [-0.39, 0.29) is 6.42 Å². The molecule has 3 aromatic rings. The summed E-state index contributed by atoms with van der Waals surface area (Å²) in [5.41, 5.74) is 6.68. The second kappa shape index (κ2) is 13.8. The number of aromatic carboxylic acids is 1. The van der Waals surface area contributed by atoms with E-state index in [4.69, 9.17) is 9.84 Å². The van der Waals surface area contributed by atoms with E-state index in [1.807, 2.05) is 18.2 Å². The van der Waals surface area contributed by atoms with Crippen molar-refractivity contribution in [2.45, 2.75) is 95.5 Å². The van der Waals surface area contributed by atoms with Crippen LogP contribution in [0.25, 0.3) is 0 Å². The van der Waals surface area contributed by atoms with Crippen LogP contribution in [0.3, 0.4) is 0 Å². The van der Waals surface area contributed by atoms with Gasteiger partial charge in [0.15, 0.2) is 0 Å². The van der Waals surface area contributed by atoms with Crippen molar-refractivity contribution in [1.29, 1.82) is 0 Å². The molecule has 0 aliphatic heterocycles. The van der Waals surface area contributed by atoms with Crippen molar-refractivity contribution in [2.24, 2.45) is 5.92 Å². The lowest BCUT2D eigenvalue weighted by Crippen LogP contribution is -2.20. The maximum Gasteiger partial charge on any atom is 0.335 e. The number of ether oxygens (including phenoxy) is 1. The van der Waals surface area contributed by atoms with Crippen LogP contribution in [0.1, 0.15) is 114 Å². The number of carboxylic acids is 2. The van der Waals surface area contributed by atoms with Crippen LogP contribution >= 0.6 is 0 Å². The molecule has 1 fully saturated rings. The van der Waals surface area contributed by atoms with Gasteiger partial charge in [-0.2, -0.15) is 0 Å². The topological polar surface area (TPSA) is 83.8 Å². The summed E-state index contributed by atoms with van der Waals surface area (Å²) in [6, 6.07) is 22.9. The molecule has 41 heavy (non-hydrogen) atoms. The van der Waals surface area contributed by atoms with Gasteiger partial charge in [0.2, 0.25) is 0 Å². The zero-order valence-corrected chi connectivity index (χ0v) is 23.9. The van der Waals surface area contributed by atoms with Gasteiger partial charge in [-0.15, -0.1) is 0 Å². The number of unbranched alkanes of at least 4 members (excludes halogenated alkanes) is 2. The van der Waals surface area contributed by atoms with Gasteiger partial charge in [0, 0.05) is 6.42 Å². The molecular formula is C36H42O5. The third-order valence-electron chi connectivity index (χ3n) is 8.97. The first-order valence-corrected chi connectivity index (χ1v) is 15.4. The van der Waals surface area contributed by atoms with Crippen LogP contribution in [0.5, 0.6) is 5.75 Å². The van der Waals surface area contributed by atoms with Gasteiger partial charge in [-0.1, -0.05) is 61.4 Å². The van der Waals surface area contributed by atoms with Gasteiger partial charge in [-0.05, 0) is 122 Å². The highest BCUT2D eigenvalue weighted by molar-refractivity contribution is 5.88. The summed E-state index contributed by atoms with van der Waals surface area (Å²) in [5, 5.41) is 18.5. The minimum Gasteiger partial charge on any atom is -0.489 e. The fraction of sp³-hybridized carbons (Fsp3) is 0.444. The number of rotatable bonds is 15. The number of carboxylic acid groups (broad SMARTS) is 2. The molecule has 2 aliphatic carbocycles. The number of carbonyl (C=O) groups is 2. The predicted octanol–water partition coefficient (Wildman–Crippen LogP) is 8.55. The minimum atomic E-state index is -0.875. The average molecular weight is 555 g/mol. The Hall–Kier alpha value is -3.60. The van der Waals surface area contributed by atoms with Gasteiger partial charge in [-0.3, -0.25) is 4.79 Å². The van der Waals surface area contributed by atoms with E-state index in [2.05, 4.69) is 42.5 Å². The van der Waals surface area contributed by atoms with Crippen LogP contribution in [0.4, 0.5) is 0 Å². The fourth-order valence-corrected chi connectivity index (χ4v) is 6.54. The van der Waals surface area contributed by atoms with E-state index in [1.54, 1.807) is 6.07 Å². The molecular weight excluding hydrogens is 512 g/mol. The summed E-state index contributed by atoms with van der Waals surface area (Å²) in [6.45, 7) is 0.552. The molecule has 2 N–H and O–H groups in total. The lowest BCUT2D eigenvalue weighted by atomic mass is 9.72. The Kier molecular flexibility index (Phi) is 9.76. The molecule has 0 spiro atoms. The van der Waals surface area contributed by atoms with Crippen LogP contribution in [0, 0.1) is 5.92 Å². The molecule has 1 unspecified atom stereocenters.